The van der Waals surface area contributed by atoms with Crippen LogP contribution in [-0.2, 0) is 0 Å². The highest BCUT2D eigenvalue weighted by Gasteiger charge is 2.33. The van der Waals surface area contributed by atoms with Gasteiger partial charge >= 0.3 is 5.97 Å². The zero-order chi connectivity index (χ0) is 24.9. The van der Waals surface area contributed by atoms with Gasteiger partial charge in [-0.15, -0.1) is 0 Å². The molecule has 0 aliphatic carbocycles. The summed E-state index contributed by atoms with van der Waals surface area (Å²) in [5.74, 6) is -5.37. The summed E-state index contributed by atoms with van der Waals surface area (Å²) < 4.78 is 44.9. The number of nitrogens with zero attached hydrogens (tertiary/aromatic N) is 3. The van der Waals surface area contributed by atoms with Crippen molar-refractivity contribution in [3.05, 3.63) is 56.6 Å². The fourth-order valence-electron chi connectivity index (χ4n) is 4.05. The van der Waals surface area contributed by atoms with Gasteiger partial charge in [-0.1, -0.05) is 25.4 Å². The minimum atomic E-state index is -1.61. The first-order valence-corrected chi connectivity index (χ1v) is 10.8. The number of hydrogen-bond donors (Lipinski definition) is 3. The van der Waals surface area contributed by atoms with Crippen molar-refractivity contribution >= 4 is 40.0 Å². The molecular formula is C22H21ClF3N5O3. The minimum Gasteiger partial charge on any atom is -0.477 e. The van der Waals surface area contributed by atoms with E-state index in [2.05, 4.69) is 15.6 Å². The number of hydrogen-bond acceptors (Lipinski definition) is 6. The lowest BCUT2D eigenvalue weighted by Crippen LogP contribution is -2.59. The number of nitrogens with one attached hydrogen (secondary N) is 2. The third kappa shape index (κ3) is 3.94. The molecule has 0 spiro atoms. The van der Waals surface area contributed by atoms with E-state index in [1.807, 2.05) is 13.8 Å². The molecule has 34 heavy (non-hydrogen) atoms. The van der Waals surface area contributed by atoms with Crippen molar-refractivity contribution in [3.8, 4) is 5.82 Å². The molecule has 0 atom stereocenters. The Morgan fingerprint density at radius 2 is 1.88 bits per heavy atom. The first-order valence-electron chi connectivity index (χ1n) is 10.4. The number of aromatic carboxylic acids is 1. The smallest absolute Gasteiger partial charge is 0.341 e. The lowest BCUT2D eigenvalue weighted by molar-refractivity contribution is 0.0695. The van der Waals surface area contributed by atoms with Crippen LogP contribution in [0.4, 0.5) is 24.7 Å². The van der Waals surface area contributed by atoms with E-state index in [0.717, 1.165) is 16.8 Å². The molecule has 0 unspecified atom stereocenters. The molecule has 1 aliphatic heterocycles. The molecule has 1 aromatic carbocycles. The summed E-state index contributed by atoms with van der Waals surface area (Å²) in [6.07, 6.45) is 0.850. The number of halogens is 4. The summed E-state index contributed by atoms with van der Waals surface area (Å²) in [4.78, 5) is 30.1. The summed E-state index contributed by atoms with van der Waals surface area (Å²) in [6, 6.07) is 1.76. The molecule has 0 radical (unpaired) electrons. The van der Waals surface area contributed by atoms with Crippen molar-refractivity contribution in [2.45, 2.75) is 25.9 Å². The van der Waals surface area contributed by atoms with Crippen LogP contribution in [0.15, 0.2) is 23.1 Å². The lowest BCUT2D eigenvalue weighted by Gasteiger charge is -2.43. The molecule has 1 saturated heterocycles. The van der Waals surface area contributed by atoms with Crippen LogP contribution in [0.2, 0.25) is 5.02 Å². The molecule has 0 bridgehead atoms. The number of pyridine rings is 2. The van der Waals surface area contributed by atoms with E-state index in [1.54, 1.807) is 4.90 Å². The van der Waals surface area contributed by atoms with E-state index in [4.69, 9.17) is 11.6 Å². The van der Waals surface area contributed by atoms with Crippen molar-refractivity contribution < 1.29 is 23.1 Å². The molecule has 0 amide bonds. The molecule has 8 nitrogen and oxygen atoms in total. The Balaban J connectivity index is 2.00. The molecule has 0 saturated carbocycles. The van der Waals surface area contributed by atoms with E-state index in [1.165, 1.54) is 7.05 Å². The fraction of sp³-hybridized carbons (Fsp3) is 0.318. The standard InChI is InChI=1S/C22H21ClF3N5O3/c1-9(2)28-10-6-30(7-10)18-13(24)4-11-17(16(18)23)31(8-12(19(11)32)22(33)34)21-15(26)5-14(25)20(27-3)29-21/h4-5,8-10,28H,6-7H2,1-3H3,(H,27,29)(H,33,34). The Hall–Kier alpha value is -3.31. The minimum absolute atomic E-state index is 0.0106. The molecule has 3 N–H and O–H groups in total. The van der Waals surface area contributed by atoms with Crippen LogP contribution in [0, 0.1) is 17.5 Å². The molecule has 12 heteroatoms. The van der Waals surface area contributed by atoms with Crippen LogP contribution < -0.4 is 21.0 Å². The van der Waals surface area contributed by atoms with Crippen LogP contribution in [0.3, 0.4) is 0 Å². The number of carboxylic acids is 1. The first kappa shape index (κ1) is 23.8. The van der Waals surface area contributed by atoms with E-state index < -0.39 is 40.2 Å². The monoisotopic (exact) mass is 495 g/mol. The molecule has 3 aromatic rings. The maximum atomic E-state index is 15.1. The van der Waals surface area contributed by atoms with Crippen molar-refractivity contribution in [2.24, 2.45) is 0 Å². The van der Waals surface area contributed by atoms with Gasteiger partial charge in [-0.25, -0.2) is 22.9 Å². The molecule has 2 aromatic heterocycles. The zero-order valence-electron chi connectivity index (χ0n) is 18.4. The van der Waals surface area contributed by atoms with Crippen molar-refractivity contribution in [1.29, 1.82) is 0 Å². The van der Waals surface area contributed by atoms with E-state index in [-0.39, 0.29) is 39.5 Å². The topological polar surface area (TPSA) is 99.5 Å². The highest BCUT2D eigenvalue weighted by Crippen LogP contribution is 2.38. The Morgan fingerprint density at radius 1 is 1.21 bits per heavy atom. The van der Waals surface area contributed by atoms with Gasteiger partial charge in [-0.05, 0) is 6.07 Å². The van der Waals surface area contributed by atoms with Gasteiger partial charge in [-0.2, -0.15) is 0 Å². The second-order valence-electron chi connectivity index (χ2n) is 8.26. The fourth-order valence-corrected chi connectivity index (χ4v) is 4.46. The van der Waals surface area contributed by atoms with Gasteiger partial charge in [0.15, 0.2) is 23.3 Å². The Morgan fingerprint density at radius 3 is 2.47 bits per heavy atom. The van der Waals surface area contributed by atoms with Gasteiger partial charge in [-0.3, -0.25) is 9.36 Å². The maximum absolute atomic E-state index is 15.1. The molecule has 1 aliphatic rings. The van der Waals surface area contributed by atoms with Gasteiger partial charge in [0.2, 0.25) is 5.43 Å². The predicted molar refractivity (Wildman–Crippen MR) is 123 cm³/mol. The number of aromatic nitrogens is 2. The average Bonchev–Trinajstić information content (AvgIpc) is 2.72. The second kappa shape index (κ2) is 8.80. The predicted octanol–water partition coefficient (Wildman–Crippen LogP) is 3.38. The van der Waals surface area contributed by atoms with Crippen LogP contribution >= 0.6 is 11.6 Å². The van der Waals surface area contributed by atoms with Gasteiger partial charge in [0.05, 0.1) is 21.6 Å². The van der Waals surface area contributed by atoms with E-state index in [9.17, 15) is 23.5 Å². The normalized spacial score (nSPS) is 14.1. The van der Waals surface area contributed by atoms with Crippen LogP contribution in [-0.4, -0.2) is 52.8 Å². The number of anilines is 2. The number of fused-ring (bicyclic) bond motifs is 1. The zero-order valence-corrected chi connectivity index (χ0v) is 19.2. The van der Waals surface area contributed by atoms with Gasteiger partial charge in [0.1, 0.15) is 11.4 Å². The molecule has 3 heterocycles. The molecular weight excluding hydrogens is 475 g/mol. The van der Waals surface area contributed by atoms with Crippen molar-refractivity contribution in [1.82, 2.24) is 14.9 Å². The quantitative estimate of drug-likeness (QED) is 0.482. The Kier molecular flexibility index (Phi) is 6.17. The molecule has 4 rings (SSSR count). The summed E-state index contributed by atoms with van der Waals surface area (Å²) >= 11 is 6.57. The van der Waals surface area contributed by atoms with Gasteiger partial charge in [0, 0.05) is 44.5 Å². The lowest BCUT2D eigenvalue weighted by atomic mass is 10.0. The van der Waals surface area contributed by atoms with Crippen LogP contribution in [0.1, 0.15) is 24.2 Å². The Bertz CT molecular complexity index is 1370. The van der Waals surface area contributed by atoms with Gasteiger partial charge < -0.3 is 20.6 Å². The third-order valence-corrected chi connectivity index (χ3v) is 5.89. The average molecular weight is 496 g/mol. The number of rotatable bonds is 6. The summed E-state index contributed by atoms with van der Waals surface area (Å²) in [5, 5.41) is 14.7. The number of carboxylic acid groups (broad SMARTS) is 1. The van der Waals surface area contributed by atoms with Crippen LogP contribution in [0.5, 0.6) is 0 Å². The first-order chi connectivity index (χ1) is 16.0. The van der Waals surface area contributed by atoms with Crippen molar-refractivity contribution in [2.75, 3.05) is 30.4 Å². The van der Waals surface area contributed by atoms with Crippen molar-refractivity contribution in [3.63, 3.8) is 0 Å². The number of benzene rings is 1. The highest BCUT2D eigenvalue weighted by molar-refractivity contribution is 6.38. The highest BCUT2D eigenvalue weighted by atomic mass is 35.5. The van der Waals surface area contributed by atoms with E-state index >= 15 is 4.39 Å². The summed E-state index contributed by atoms with van der Waals surface area (Å²) in [6.45, 7) is 4.83. The van der Waals surface area contributed by atoms with E-state index in [0.29, 0.717) is 19.2 Å². The summed E-state index contributed by atoms with van der Waals surface area (Å²) in [5.41, 5.74) is -1.90. The third-order valence-electron chi connectivity index (χ3n) is 5.53. The summed E-state index contributed by atoms with van der Waals surface area (Å²) in [7, 11) is 1.37. The van der Waals surface area contributed by atoms with Gasteiger partial charge in [0.25, 0.3) is 0 Å². The Labute approximate surface area is 197 Å². The maximum Gasteiger partial charge on any atom is 0.341 e. The molecule has 1 fully saturated rings. The van der Waals surface area contributed by atoms with Crippen LogP contribution in [0.25, 0.3) is 16.7 Å². The molecule has 180 valence electrons. The number of carbonyl (C=O) groups is 1. The largest absolute Gasteiger partial charge is 0.477 e. The second-order valence-corrected chi connectivity index (χ2v) is 8.64. The SMILES string of the molecule is CNc1nc(-n2cc(C(=O)O)c(=O)c3cc(F)c(N4CC(NC(C)C)C4)c(Cl)c32)c(F)cc1F.